The number of likely N-dealkylation sites (tertiary alicyclic amines) is 2. The van der Waals surface area contributed by atoms with Crippen molar-refractivity contribution in [3.63, 3.8) is 0 Å². The summed E-state index contributed by atoms with van der Waals surface area (Å²) < 4.78 is 14.3. The molecule has 2 amide bonds. The van der Waals surface area contributed by atoms with Crippen molar-refractivity contribution in [2.75, 3.05) is 32.7 Å². The van der Waals surface area contributed by atoms with Crippen LogP contribution in [0.5, 0.6) is 0 Å². The molecule has 2 saturated heterocycles. The average molecular weight is 526 g/mol. The summed E-state index contributed by atoms with van der Waals surface area (Å²) in [5.74, 6) is 0.0107. The second-order valence-electron chi connectivity index (χ2n) is 12.2. The fourth-order valence-electron chi connectivity index (χ4n) is 6.72. The minimum atomic E-state index is -0.567. The normalized spacial score (nSPS) is 25.1. The van der Waals surface area contributed by atoms with E-state index in [0.29, 0.717) is 24.9 Å². The van der Waals surface area contributed by atoms with E-state index < -0.39 is 5.82 Å². The number of carbonyl (C=O) groups excluding carboxylic acids is 2. The third-order valence-corrected chi connectivity index (χ3v) is 9.88. The highest BCUT2D eigenvalue weighted by molar-refractivity contribution is 6.33. The molecule has 1 saturated carbocycles. The first-order valence-electron chi connectivity index (χ1n) is 13.3. The lowest BCUT2D eigenvalue weighted by molar-refractivity contribution is -0.124. The van der Waals surface area contributed by atoms with E-state index in [0.717, 1.165) is 31.6 Å². The highest BCUT2D eigenvalue weighted by Crippen LogP contribution is 2.68. The van der Waals surface area contributed by atoms with Crippen LogP contribution in [0.4, 0.5) is 4.39 Å². The highest BCUT2D eigenvalue weighted by atomic mass is 35.5. The van der Waals surface area contributed by atoms with Crippen LogP contribution >= 0.6 is 11.6 Å². The summed E-state index contributed by atoms with van der Waals surface area (Å²) in [6.07, 6.45) is 0.830. The molecule has 2 unspecified atom stereocenters. The summed E-state index contributed by atoms with van der Waals surface area (Å²) in [5.41, 5.74) is 1.11. The van der Waals surface area contributed by atoms with Crippen molar-refractivity contribution in [3.05, 3.63) is 70.5 Å². The van der Waals surface area contributed by atoms with E-state index in [9.17, 15) is 14.0 Å². The van der Waals surface area contributed by atoms with Crippen LogP contribution in [0.15, 0.2) is 48.5 Å². The van der Waals surface area contributed by atoms with Crippen molar-refractivity contribution in [1.82, 2.24) is 15.1 Å². The van der Waals surface area contributed by atoms with Crippen LogP contribution in [0.1, 0.15) is 56.1 Å². The van der Waals surface area contributed by atoms with Gasteiger partial charge in [-0.25, -0.2) is 4.39 Å². The molecule has 37 heavy (non-hydrogen) atoms. The maximum absolute atomic E-state index is 14.3. The number of hydrogen-bond donors (Lipinski definition) is 1. The van der Waals surface area contributed by atoms with Gasteiger partial charge in [-0.2, -0.15) is 0 Å². The molecule has 0 spiro atoms. The lowest BCUT2D eigenvalue weighted by Gasteiger charge is -2.25. The van der Waals surface area contributed by atoms with E-state index >= 15 is 0 Å². The van der Waals surface area contributed by atoms with E-state index in [1.807, 2.05) is 18.2 Å². The Labute approximate surface area is 224 Å². The van der Waals surface area contributed by atoms with Crippen molar-refractivity contribution in [2.24, 2.45) is 28.6 Å². The van der Waals surface area contributed by atoms with E-state index in [4.69, 9.17) is 11.6 Å². The Morgan fingerprint density at radius 3 is 2.16 bits per heavy atom. The van der Waals surface area contributed by atoms with Gasteiger partial charge in [0.2, 0.25) is 5.91 Å². The van der Waals surface area contributed by atoms with Gasteiger partial charge in [0, 0.05) is 38.6 Å². The number of nitrogens with zero attached hydrogens (tertiary/aromatic N) is 2. The second kappa shape index (κ2) is 9.70. The van der Waals surface area contributed by atoms with Crippen LogP contribution in [0.2, 0.25) is 5.02 Å². The second-order valence-corrected chi connectivity index (χ2v) is 12.6. The Balaban J connectivity index is 1.18. The number of fused-ring (bicyclic) bond motifs is 1. The molecule has 2 aliphatic heterocycles. The Kier molecular flexibility index (Phi) is 6.86. The lowest BCUT2D eigenvalue weighted by atomic mass is 10.0. The summed E-state index contributed by atoms with van der Waals surface area (Å²) in [6.45, 7) is 12.6. The van der Waals surface area contributed by atoms with Gasteiger partial charge in [-0.3, -0.25) is 9.59 Å². The van der Waals surface area contributed by atoms with Gasteiger partial charge in [-0.1, -0.05) is 75.7 Å². The molecule has 2 heterocycles. The monoisotopic (exact) mass is 525 g/mol. The number of rotatable bonds is 7. The zero-order valence-corrected chi connectivity index (χ0v) is 22.9. The van der Waals surface area contributed by atoms with E-state index in [1.54, 1.807) is 11.0 Å². The Bertz CT molecular complexity index is 1140. The molecular formula is C30H37ClFN3O2. The van der Waals surface area contributed by atoms with Crippen LogP contribution < -0.4 is 5.32 Å². The average Bonchev–Trinajstić information content (AvgIpc) is 3.19. The highest BCUT2D eigenvalue weighted by Gasteiger charge is 2.68. The molecule has 3 atom stereocenters. The predicted molar refractivity (Wildman–Crippen MR) is 144 cm³/mol. The van der Waals surface area contributed by atoms with Gasteiger partial charge in [0.05, 0.1) is 16.6 Å². The van der Waals surface area contributed by atoms with Gasteiger partial charge in [0.15, 0.2) is 0 Å². The summed E-state index contributed by atoms with van der Waals surface area (Å²) in [5, 5.41) is 3.53. The first kappa shape index (κ1) is 26.2. The quantitative estimate of drug-likeness (QED) is 0.525. The Morgan fingerprint density at radius 2 is 1.59 bits per heavy atom. The van der Waals surface area contributed by atoms with Gasteiger partial charge in [-0.05, 0) is 46.8 Å². The van der Waals surface area contributed by atoms with Crippen molar-refractivity contribution >= 4 is 23.4 Å². The van der Waals surface area contributed by atoms with Gasteiger partial charge in [-0.15, -0.1) is 0 Å². The third kappa shape index (κ3) is 4.79. The third-order valence-electron chi connectivity index (χ3n) is 9.56. The van der Waals surface area contributed by atoms with Crippen LogP contribution in [0.3, 0.4) is 0 Å². The molecule has 0 aromatic heterocycles. The van der Waals surface area contributed by atoms with Crippen molar-refractivity contribution in [1.29, 1.82) is 0 Å². The van der Waals surface area contributed by atoms with Crippen LogP contribution in [-0.4, -0.2) is 54.3 Å². The molecule has 3 fully saturated rings. The largest absolute Gasteiger partial charge is 0.349 e. The zero-order chi connectivity index (χ0) is 26.5. The summed E-state index contributed by atoms with van der Waals surface area (Å²) in [4.78, 5) is 30.4. The molecule has 5 rings (SSSR count). The summed E-state index contributed by atoms with van der Waals surface area (Å²) in [6, 6.07) is 14.5. The molecule has 1 aliphatic carbocycles. The minimum Gasteiger partial charge on any atom is -0.349 e. The summed E-state index contributed by atoms with van der Waals surface area (Å²) in [7, 11) is 0. The van der Waals surface area contributed by atoms with E-state index in [2.05, 4.69) is 50.0 Å². The van der Waals surface area contributed by atoms with Gasteiger partial charge in [0.1, 0.15) is 5.82 Å². The first-order valence-corrected chi connectivity index (χ1v) is 13.7. The minimum absolute atomic E-state index is 0.000912. The zero-order valence-electron chi connectivity index (χ0n) is 22.1. The Morgan fingerprint density at radius 1 is 0.973 bits per heavy atom. The van der Waals surface area contributed by atoms with Crippen LogP contribution in [0, 0.1) is 34.4 Å². The molecule has 0 radical (unpaired) electrons. The molecule has 5 nitrogen and oxygen atoms in total. The van der Waals surface area contributed by atoms with Crippen molar-refractivity contribution in [2.45, 2.75) is 40.2 Å². The molecule has 2 aromatic rings. The van der Waals surface area contributed by atoms with Gasteiger partial charge < -0.3 is 15.1 Å². The molecule has 2 aromatic carbocycles. The Hall–Kier alpha value is -2.44. The standard InChI is InChI=1S/C30H37ClFN3O2/c1-29(2)26(30(29,3)4)27(36)33-24(19-9-6-5-7-10-19)13-14-34-15-20-17-35(18-21(20)16-34)28(37)25-22(31)11-8-12-23(25)32/h5-12,20-21,24,26H,13-18H2,1-4H3,(H,33,36)/t20?,21?,24-/m0/s1. The molecular weight excluding hydrogens is 489 g/mol. The van der Waals surface area contributed by atoms with Gasteiger partial charge >= 0.3 is 0 Å². The van der Waals surface area contributed by atoms with E-state index in [-0.39, 0.29) is 45.2 Å². The number of benzene rings is 2. The topological polar surface area (TPSA) is 52.7 Å². The maximum atomic E-state index is 14.3. The number of hydrogen-bond acceptors (Lipinski definition) is 3. The number of halogens is 2. The maximum Gasteiger partial charge on any atom is 0.258 e. The van der Waals surface area contributed by atoms with Crippen LogP contribution in [-0.2, 0) is 4.79 Å². The number of nitrogens with one attached hydrogen (secondary N) is 1. The SMILES string of the molecule is CC1(C)C(C(=O)N[C@@H](CCN2CC3CN(C(=O)c4c(F)cccc4Cl)CC3C2)c2ccccc2)C1(C)C. The fourth-order valence-corrected chi connectivity index (χ4v) is 6.97. The van der Waals surface area contributed by atoms with Crippen LogP contribution in [0.25, 0.3) is 0 Å². The fraction of sp³-hybridized carbons (Fsp3) is 0.533. The molecule has 0 bridgehead atoms. The van der Waals surface area contributed by atoms with Gasteiger partial charge in [0.25, 0.3) is 5.91 Å². The smallest absolute Gasteiger partial charge is 0.258 e. The number of carbonyl (C=O) groups is 2. The predicted octanol–water partition coefficient (Wildman–Crippen LogP) is 5.41. The molecule has 198 valence electrons. The molecule has 3 aliphatic rings. The summed E-state index contributed by atoms with van der Waals surface area (Å²) >= 11 is 6.13. The first-order chi connectivity index (χ1) is 17.5. The lowest BCUT2D eigenvalue weighted by Crippen LogP contribution is -2.36. The van der Waals surface area contributed by atoms with Crippen molar-refractivity contribution in [3.8, 4) is 0 Å². The number of amides is 2. The van der Waals surface area contributed by atoms with E-state index in [1.165, 1.54) is 12.1 Å². The molecule has 7 heteroatoms. The van der Waals surface area contributed by atoms with Crippen molar-refractivity contribution < 1.29 is 14.0 Å². The molecule has 1 N–H and O–H groups in total.